The van der Waals surface area contributed by atoms with Crippen LogP contribution in [0.2, 0.25) is 0 Å². The highest BCUT2D eigenvalue weighted by molar-refractivity contribution is 5.71. The summed E-state index contributed by atoms with van der Waals surface area (Å²) in [7, 11) is 0. The van der Waals surface area contributed by atoms with Crippen molar-refractivity contribution in [1.29, 1.82) is 0 Å². The maximum absolute atomic E-state index is 10.1. The predicted molar refractivity (Wildman–Crippen MR) is 37.1 cm³/mol. The van der Waals surface area contributed by atoms with Crippen LogP contribution in [0.1, 0.15) is 30.1 Å². The number of hydrogen-bond acceptors (Lipinski definition) is 4. The van der Waals surface area contributed by atoms with Crippen molar-refractivity contribution in [2.24, 2.45) is 0 Å². The minimum Gasteiger partial charge on any atom is -0.382 e. The van der Waals surface area contributed by atoms with Crippen molar-refractivity contribution in [2.75, 3.05) is 0 Å². The summed E-state index contributed by atoms with van der Waals surface area (Å²) in [6.07, 6.45) is 0.568. The molecule has 0 aliphatic carbocycles. The van der Waals surface area contributed by atoms with Gasteiger partial charge in [-0.3, -0.25) is 4.79 Å². The number of carbonyl (C=O) groups excluding carboxylic acids is 1. The van der Waals surface area contributed by atoms with Gasteiger partial charge in [0.1, 0.15) is 11.3 Å². The topological polar surface area (TPSA) is 63.3 Å². The van der Waals surface area contributed by atoms with Gasteiger partial charge in [0.15, 0.2) is 12.0 Å². The number of aliphatic hydroxyl groups is 1. The monoisotopic (exact) mass is 155 g/mol. The number of nitrogens with zero attached hydrogens (tertiary/aromatic N) is 1. The van der Waals surface area contributed by atoms with Crippen LogP contribution in [0.5, 0.6) is 0 Å². The molecule has 0 saturated heterocycles. The molecule has 1 heterocycles. The average molecular weight is 155 g/mol. The van der Waals surface area contributed by atoms with Gasteiger partial charge < -0.3 is 9.63 Å². The summed E-state index contributed by atoms with van der Waals surface area (Å²) in [6, 6.07) is 1.41. The fourth-order valence-electron chi connectivity index (χ4n) is 0.633. The number of hydrogen-bond donors (Lipinski definition) is 1. The molecule has 0 spiro atoms. The van der Waals surface area contributed by atoms with E-state index in [-0.39, 0.29) is 5.69 Å². The highest BCUT2D eigenvalue weighted by Crippen LogP contribution is 2.19. The van der Waals surface area contributed by atoms with Crippen molar-refractivity contribution in [3.05, 3.63) is 17.5 Å². The summed E-state index contributed by atoms with van der Waals surface area (Å²) in [5, 5.41) is 12.7. The zero-order valence-corrected chi connectivity index (χ0v) is 6.37. The molecule has 0 fully saturated rings. The Morgan fingerprint density at radius 1 is 1.73 bits per heavy atom. The molecule has 60 valence electrons. The molecule has 0 aliphatic heterocycles. The van der Waals surface area contributed by atoms with Crippen LogP contribution in [-0.4, -0.2) is 16.5 Å². The van der Waals surface area contributed by atoms with Crippen molar-refractivity contribution >= 4 is 6.29 Å². The molecule has 0 unspecified atom stereocenters. The second-order valence-electron chi connectivity index (χ2n) is 2.79. The molecule has 1 aromatic rings. The second kappa shape index (κ2) is 2.47. The Labute approximate surface area is 63.8 Å². The Morgan fingerprint density at radius 2 is 2.36 bits per heavy atom. The van der Waals surface area contributed by atoms with Gasteiger partial charge in [-0.05, 0) is 13.8 Å². The van der Waals surface area contributed by atoms with Crippen LogP contribution in [0, 0.1) is 0 Å². The first-order chi connectivity index (χ1) is 5.04. The molecule has 1 aromatic heterocycles. The first-order valence-corrected chi connectivity index (χ1v) is 3.19. The molecule has 4 nitrogen and oxygen atoms in total. The summed E-state index contributed by atoms with van der Waals surface area (Å²) in [5.74, 6) is 0.291. The van der Waals surface area contributed by atoms with Gasteiger partial charge >= 0.3 is 0 Å². The van der Waals surface area contributed by atoms with Gasteiger partial charge in [-0.25, -0.2) is 0 Å². The molecular formula is C7H9NO3. The molecule has 0 amide bonds. The maximum Gasteiger partial charge on any atom is 0.171 e. The van der Waals surface area contributed by atoms with Crippen molar-refractivity contribution in [3.8, 4) is 0 Å². The molecule has 4 heteroatoms. The lowest BCUT2D eigenvalue weighted by molar-refractivity contribution is 0.0474. The van der Waals surface area contributed by atoms with Crippen molar-refractivity contribution < 1.29 is 14.4 Å². The van der Waals surface area contributed by atoms with E-state index in [4.69, 9.17) is 0 Å². The van der Waals surface area contributed by atoms with Gasteiger partial charge in [0, 0.05) is 6.07 Å². The third-order valence-electron chi connectivity index (χ3n) is 1.25. The van der Waals surface area contributed by atoms with Gasteiger partial charge in [0.25, 0.3) is 0 Å². The summed E-state index contributed by atoms with van der Waals surface area (Å²) in [4.78, 5) is 10.1. The van der Waals surface area contributed by atoms with Crippen molar-refractivity contribution in [2.45, 2.75) is 19.4 Å². The van der Waals surface area contributed by atoms with Crippen LogP contribution >= 0.6 is 0 Å². The smallest absolute Gasteiger partial charge is 0.171 e. The predicted octanol–water partition coefficient (Wildman–Crippen LogP) is 0.714. The molecule has 11 heavy (non-hydrogen) atoms. The molecule has 1 rings (SSSR count). The lowest BCUT2D eigenvalue weighted by Gasteiger charge is -2.10. The molecule has 0 atom stereocenters. The molecule has 1 N–H and O–H groups in total. The number of aldehydes is 1. The van der Waals surface area contributed by atoms with E-state index >= 15 is 0 Å². The van der Waals surface area contributed by atoms with E-state index in [0.717, 1.165) is 0 Å². The van der Waals surface area contributed by atoms with Gasteiger partial charge in [-0.15, -0.1) is 0 Å². The van der Waals surface area contributed by atoms with E-state index in [1.807, 2.05) is 0 Å². The summed E-state index contributed by atoms with van der Waals surface area (Å²) in [6.45, 7) is 3.12. The highest BCUT2D eigenvalue weighted by Gasteiger charge is 2.21. The summed E-state index contributed by atoms with van der Waals surface area (Å²) < 4.78 is 4.69. The lowest BCUT2D eigenvalue weighted by atomic mass is 10.1. The highest BCUT2D eigenvalue weighted by atomic mass is 16.5. The molecule has 0 bridgehead atoms. The largest absolute Gasteiger partial charge is 0.382 e. The maximum atomic E-state index is 10.1. The van der Waals surface area contributed by atoms with Crippen LogP contribution in [0.4, 0.5) is 0 Å². The van der Waals surface area contributed by atoms with Gasteiger partial charge in [0.05, 0.1) is 0 Å². The Bertz CT molecular complexity index is 259. The van der Waals surface area contributed by atoms with Crippen LogP contribution in [0.3, 0.4) is 0 Å². The van der Waals surface area contributed by atoms with Crippen LogP contribution in [-0.2, 0) is 5.60 Å². The molecular weight excluding hydrogens is 146 g/mol. The lowest BCUT2D eigenvalue weighted by Crippen LogP contribution is -2.13. The molecule has 0 aliphatic rings. The number of aromatic nitrogens is 1. The van der Waals surface area contributed by atoms with E-state index in [2.05, 4.69) is 9.68 Å². The molecule has 0 saturated carbocycles. The fourth-order valence-corrected chi connectivity index (χ4v) is 0.633. The van der Waals surface area contributed by atoms with Crippen molar-refractivity contribution in [1.82, 2.24) is 5.16 Å². The SMILES string of the molecule is CC(C)(O)c1cc(C=O)no1. The average Bonchev–Trinajstić information content (AvgIpc) is 2.32. The normalized spacial score (nSPS) is 11.5. The van der Waals surface area contributed by atoms with E-state index in [0.29, 0.717) is 12.0 Å². The first kappa shape index (κ1) is 7.94. The van der Waals surface area contributed by atoms with Crippen LogP contribution in [0.15, 0.2) is 10.6 Å². The second-order valence-corrected chi connectivity index (χ2v) is 2.79. The minimum atomic E-state index is -1.08. The Balaban J connectivity index is 2.98. The Morgan fingerprint density at radius 3 is 2.64 bits per heavy atom. The molecule has 0 radical (unpaired) electrons. The standard InChI is InChI=1S/C7H9NO3/c1-7(2,10)6-3-5(4-9)8-11-6/h3-4,10H,1-2H3. The van der Waals surface area contributed by atoms with Crippen LogP contribution < -0.4 is 0 Å². The summed E-state index contributed by atoms with van der Waals surface area (Å²) in [5.41, 5.74) is -0.879. The van der Waals surface area contributed by atoms with Gasteiger partial charge in [0.2, 0.25) is 0 Å². The third kappa shape index (κ3) is 1.65. The summed E-state index contributed by atoms with van der Waals surface area (Å²) >= 11 is 0. The van der Waals surface area contributed by atoms with E-state index < -0.39 is 5.60 Å². The van der Waals surface area contributed by atoms with Crippen LogP contribution in [0.25, 0.3) is 0 Å². The fraction of sp³-hybridized carbons (Fsp3) is 0.429. The Kier molecular flexibility index (Phi) is 1.78. The molecule has 0 aromatic carbocycles. The number of carbonyl (C=O) groups is 1. The quantitative estimate of drug-likeness (QED) is 0.639. The van der Waals surface area contributed by atoms with Gasteiger partial charge in [-0.1, -0.05) is 5.16 Å². The van der Waals surface area contributed by atoms with E-state index in [1.165, 1.54) is 6.07 Å². The third-order valence-corrected chi connectivity index (χ3v) is 1.25. The van der Waals surface area contributed by atoms with E-state index in [1.54, 1.807) is 13.8 Å². The zero-order chi connectivity index (χ0) is 8.48. The number of rotatable bonds is 2. The Hall–Kier alpha value is -1.16. The minimum absolute atomic E-state index is 0.196. The zero-order valence-electron chi connectivity index (χ0n) is 6.37. The van der Waals surface area contributed by atoms with E-state index in [9.17, 15) is 9.90 Å². The van der Waals surface area contributed by atoms with Gasteiger partial charge in [-0.2, -0.15) is 0 Å². The van der Waals surface area contributed by atoms with Crippen molar-refractivity contribution in [3.63, 3.8) is 0 Å². The first-order valence-electron chi connectivity index (χ1n) is 3.19.